The zero-order valence-electron chi connectivity index (χ0n) is 20.3. The third-order valence-electron chi connectivity index (χ3n) is 6.89. The quantitative estimate of drug-likeness (QED) is 0.403. The van der Waals surface area contributed by atoms with E-state index in [0.29, 0.717) is 30.9 Å². The van der Waals surface area contributed by atoms with Gasteiger partial charge in [-0.05, 0) is 36.8 Å². The van der Waals surface area contributed by atoms with E-state index < -0.39 is 0 Å². The Hall–Kier alpha value is -2.97. The number of aliphatic imine (C=N–C) groups is 1. The molecule has 0 radical (unpaired) electrons. The molecule has 0 unspecified atom stereocenters. The molecule has 2 N–H and O–H groups in total. The molecule has 0 saturated carbocycles. The van der Waals surface area contributed by atoms with E-state index in [2.05, 4.69) is 69.9 Å². The third kappa shape index (κ3) is 4.65. The molecule has 1 aromatic heterocycles. The van der Waals surface area contributed by atoms with Gasteiger partial charge in [0.1, 0.15) is 5.71 Å². The first kappa shape index (κ1) is 22.8. The van der Waals surface area contributed by atoms with Gasteiger partial charge in [-0.15, -0.1) is 0 Å². The minimum absolute atomic E-state index is 0.0520. The van der Waals surface area contributed by atoms with Gasteiger partial charge < -0.3 is 25.1 Å². The molecule has 3 aliphatic rings. The molecule has 180 valence electrons. The Kier molecular flexibility index (Phi) is 6.04. The summed E-state index contributed by atoms with van der Waals surface area (Å²) in [6.07, 6.45) is 5.17. The van der Waals surface area contributed by atoms with E-state index >= 15 is 0 Å². The maximum absolute atomic E-state index is 5.74. The van der Waals surface area contributed by atoms with Crippen LogP contribution in [0.15, 0.2) is 52.8 Å². The van der Waals surface area contributed by atoms with Crippen LogP contribution in [-0.2, 0) is 9.47 Å². The predicted molar refractivity (Wildman–Crippen MR) is 136 cm³/mol. The first-order valence-corrected chi connectivity index (χ1v) is 11.9. The average Bonchev–Trinajstić information content (AvgIpc) is 2.77. The number of nitrogens with two attached hydrogens (primary N) is 1. The van der Waals surface area contributed by atoms with Crippen LogP contribution in [0.1, 0.15) is 25.0 Å². The number of hydrogen-bond acceptors (Lipinski definition) is 8. The number of anilines is 2. The maximum Gasteiger partial charge on any atom is 0.176 e. The topological polar surface area (TPSA) is 88.6 Å². The Morgan fingerprint density at radius 3 is 2.44 bits per heavy atom. The van der Waals surface area contributed by atoms with Crippen molar-refractivity contribution in [1.82, 2.24) is 4.98 Å². The summed E-state index contributed by atoms with van der Waals surface area (Å²) in [5.74, 6) is 5.70. The normalized spacial score (nSPS) is 22.1. The zero-order chi connectivity index (χ0) is 23.8. The standard InChI is InChI=1S/C26H34N6O2/c1-19-9-20(31-13-26(14-31)15-32(16-26)21-5-4-8-28-10-21)6-7-22(19)23(30-27)11-29-12-24-33-17-25(2,3)18-34-24/h4-11,24H,12-18,27H2,1-3H3/b29-11?,30-23+. The Bertz CT molecular complexity index is 1060. The summed E-state index contributed by atoms with van der Waals surface area (Å²) in [4.78, 5) is 13.6. The predicted octanol–water partition coefficient (Wildman–Crippen LogP) is 2.85. The van der Waals surface area contributed by atoms with Crippen LogP contribution in [-0.4, -0.2) is 69.1 Å². The van der Waals surface area contributed by atoms with Crippen LogP contribution >= 0.6 is 0 Å². The Balaban J connectivity index is 1.15. The average molecular weight is 463 g/mol. The molecule has 34 heavy (non-hydrogen) atoms. The van der Waals surface area contributed by atoms with Crippen molar-refractivity contribution in [2.45, 2.75) is 27.1 Å². The van der Waals surface area contributed by atoms with Gasteiger partial charge >= 0.3 is 0 Å². The van der Waals surface area contributed by atoms with E-state index in [1.807, 2.05) is 18.5 Å². The number of aromatic nitrogens is 1. The Morgan fingerprint density at radius 1 is 1.12 bits per heavy atom. The van der Waals surface area contributed by atoms with Gasteiger partial charge in [0.15, 0.2) is 6.29 Å². The van der Waals surface area contributed by atoms with Crippen molar-refractivity contribution >= 4 is 23.3 Å². The fourth-order valence-electron chi connectivity index (χ4n) is 4.99. The highest BCUT2D eigenvalue weighted by Crippen LogP contribution is 2.43. The number of aryl methyl sites for hydroxylation is 1. The van der Waals surface area contributed by atoms with Crippen molar-refractivity contribution in [2.75, 3.05) is 55.7 Å². The largest absolute Gasteiger partial charge is 0.370 e. The summed E-state index contributed by atoms with van der Waals surface area (Å²) in [5.41, 5.74) is 5.69. The van der Waals surface area contributed by atoms with Crippen LogP contribution in [0.25, 0.3) is 0 Å². The van der Waals surface area contributed by atoms with E-state index in [1.165, 1.54) is 11.4 Å². The second-order valence-corrected chi connectivity index (χ2v) is 10.6. The minimum Gasteiger partial charge on any atom is -0.370 e. The van der Waals surface area contributed by atoms with Gasteiger partial charge in [-0.25, -0.2) is 0 Å². The Morgan fingerprint density at radius 2 is 1.82 bits per heavy atom. The van der Waals surface area contributed by atoms with Crippen LogP contribution in [0.2, 0.25) is 0 Å². The molecule has 2 aromatic rings. The van der Waals surface area contributed by atoms with E-state index in [0.717, 1.165) is 37.3 Å². The molecular formula is C26H34N6O2. The second-order valence-electron chi connectivity index (χ2n) is 10.6. The molecule has 0 aliphatic carbocycles. The van der Waals surface area contributed by atoms with Crippen LogP contribution in [0.4, 0.5) is 11.4 Å². The van der Waals surface area contributed by atoms with Crippen LogP contribution in [0, 0.1) is 17.8 Å². The van der Waals surface area contributed by atoms with Crippen molar-refractivity contribution in [1.29, 1.82) is 0 Å². The highest BCUT2D eigenvalue weighted by atomic mass is 16.7. The lowest BCUT2D eigenvalue weighted by Crippen LogP contribution is -2.72. The van der Waals surface area contributed by atoms with Crippen LogP contribution < -0.4 is 15.6 Å². The Labute approximate surface area is 201 Å². The monoisotopic (exact) mass is 462 g/mol. The summed E-state index contributed by atoms with van der Waals surface area (Å²) in [7, 11) is 0. The highest BCUT2D eigenvalue weighted by molar-refractivity contribution is 6.38. The van der Waals surface area contributed by atoms with Crippen molar-refractivity contribution < 1.29 is 9.47 Å². The van der Waals surface area contributed by atoms with Crippen molar-refractivity contribution in [3.63, 3.8) is 0 Å². The first-order valence-electron chi connectivity index (χ1n) is 11.9. The molecule has 1 aromatic carbocycles. The van der Waals surface area contributed by atoms with Gasteiger partial charge in [-0.2, -0.15) is 5.10 Å². The summed E-state index contributed by atoms with van der Waals surface area (Å²) in [6, 6.07) is 10.6. The molecule has 5 rings (SSSR count). The number of pyridine rings is 1. The fourth-order valence-corrected chi connectivity index (χ4v) is 4.99. The molecule has 8 nitrogen and oxygen atoms in total. The van der Waals surface area contributed by atoms with E-state index in [1.54, 1.807) is 6.21 Å². The molecule has 3 aliphatic heterocycles. The van der Waals surface area contributed by atoms with Gasteiger partial charge in [0, 0.05) is 60.7 Å². The molecule has 0 atom stereocenters. The van der Waals surface area contributed by atoms with Gasteiger partial charge in [-0.3, -0.25) is 9.98 Å². The molecule has 8 heteroatoms. The molecular weight excluding hydrogens is 428 g/mol. The molecule has 4 heterocycles. The van der Waals surface area contributed by atoms with Gasteiger partial charge in [0.25, 0.3) is 0 Å². The van der Waals surface area contributed by atoms with E-state index in [9.17, 15) is 0 Å². The number of benzene rings is 1. The number of hydrogen-bond donors (Lipinski definition) is 1. The lowest BCUT2D eigenvalue weighted by molar-refractivity contribution is -0.215. The second kappa shape index (κ2) is 9.00. The summed E-state index contributed by atoms with van der Waals surface area (Å²) in [5, 5.41) is 3.98. The molecule has 3 saturated heterocycles. The number of ether oxygens (including phenoxy) is 2. The smallest absolute Gasteiger partial charge is 0.176 e. The minimum atomic E-state index is -0.314. The fraction of sp³-hybridized carbons (Fsp3) is 0.500. The number of nitrogens with zero attached hydrogens (tertiary/aromatic N) is 5. The van der Waals surface area contributed by atoms with Crippen LogP contribution in [0.5, 0.6) is 0 Å². The lowest BCUT2D eigenvalue weighted by atomic mass is 9.72. The summed E-state index contributed by atoms with van der Waals surface area (Å²) >= 11 is 0. The van der Waals surface area contributed by atoms with Crippen molar-refractivity contribution in [3.8, 4) is 0 Å². The van der Waals surface area contributed by atoms with E-state index in [-0.39, 0.29) is 11.7 Å². The van der Waals surface area contributed by atoms with Gasteiger partial charge in [0.05, 0.1) is 31.6 Å². The van der Waals surface area contributed by atoms with E-state index in [4.69, 9.17) is 15.3 Å². The van der Waals surface area contributed by atoms with Gasteiger partial charge in [-0.1, -0.05) is 19.9 Å². The van der Waals surface area contributed by atoms with Crippen molar-refractivity contribution in [2.24, 2.45) is 26.8 Å². The first-order chi connectivity index (χ1) is 16.4. The SMILES string of the molecule is Cc1cc(N2CC3(CN(c4cccnc4)C3)C2)ccc1/C(C=NCC1OCC(C)(C)CO1)=N/N. The van der Waals surface area contributed by atoms with Gasteiger partial charge in [0.2, 0.25) is 0 Å². The molecule has 3 fully saturated rings. The maximum atomic E-state index is 5.74. The molecule has 0 bridgehead atoms. The summed E-state index contributed by atoms with van der Waals surface area (Å²) in [6.45, 7) is 12.5. The summed E-state index contributed by atoms with van der Waals surface area (Å²) < 4.78 is 11.5. The zero-order valence-corrected chi connectivity index (χ0v) is 20.3. The number of rotatable bonds is 6. The lowest BCUT2D eigenvalue weighted by Gasteiger charge is -2.61. The third-order valence-corrected chi connectivity index (χ3v) is 6.89. The molecule has 0 amide bonds. The molecule has 1 spiro atoms. The highest BCUT2D eigenvalue weighted by Gasteiger charge is 2.51. The number of hydrazone groups is 1. The van der Waals surface area contributed by atoms with Crippen LogP contribution in [0.3, 0.4) is 0 Å². The van der Waals surface area contributed by atoms with Crippen molar-refractivity contribution in [3.05, 3.63) is 53.9 Å².